The van der Waals surface area contributed by atoms with Gasteiger partial charge in [-0.1, -0.05) is 0 Å². The zero-order valence-corrected chi connectivity index (χ0v) is 12.6. The maximum absolute atomic E-state index is 12.9. The third kappa shape index (κ3) is 3.73. The van der Waals surface area contributed by atoms with Crippen molar-refractivity contribution in [2.24, 2.45) is 0 Å². The van der Waals surface area contributed by atoms with Crippen molar-refractivity contribution in [3.8, 4) is 0 Å². The molecule has 22 heavy (non-hydrogen) atoms. The molecular formula is C9H14FN2O8PS. The number of rotatable bonds is 4. The molecule has 0 aromatic carbocycles. The van der Waals surface area contributed by atoms with Gasteiger partial charge in [0, 0.05) is 12.3 Å². The molecular weight excluding hydrogens is 346 g/mol. The number of aromatic amines is 1. The van der Waals surface area contributed by atoms with Crippen LogP contribution >= 0.6 is 6.72 Å². The highest BCUT2D eigenvalue weighted by Gasteiger charge is 2.47. The Morgan fingerprint density at radius 2 is 2.14 bits per heavy atom. The van der Waals surface area contributed by atoms with Crippen LogP contribution in [0.5, 0.6) is 0 Å². The number of nitrogens with one attached hydrogen (secondary N) is 1. The van der Waals surface area contributed by atoms with Crippen LogP contribution in [0.15, 0.2) is 21.9 Å². The zero-order chi connectivity index (χ0) is 16.5. The fraction of sp³-hybridized carbons (Fsp3) is 0.556. The summed E-state index contributed by atoms with van der Waals surface area (Å²) in [5.41, 5.74) is -1.57. The predicted molar refractivity (Wildman–Crippen MR) is 74.4 cm³/mol. The lowest BCUT2D eigenvalue weighted by molar-refractivity contribution is -0.205. The number of aliphatic hydroxyl groups is 1. The lowest BCUT2D eigenvalue weighted by atomic mass is 10.2. The number of aliphatic hydroxyl groups excluding tert-OH is 1. The average molecular weight is 360 g/mol. The lowest BCUT2D eigenvalue weighted by Crippen LogP contribution is -2.38. The van der Waals surface area contributed by atoms with Gasteiger partial charge in [-0.2, -0.15) is 4.94 Å². The van der Waals surface area contributed by atoms with Gasteiger partial charge in [0.2, 0.25) is 0 Å². The second kappa shape index (κ2) is 6.72. The van der Waals surface area contributed by atoms with E-state index in [-0.39, 0.29) is 0 Å². The van der Waals surface area contributed by atoms with Crippen molar-refractivity contribution in [3.63, 3.8) is 0 Å². The van der Waals surface area contributed by atoms with Gasteiger partial charge in [-0.05, 0) is 4.53 Å². The minimum Gasteiger partial charge on any atom is -0.394 e. The average Bonchev–Trinajstić information content (AvgIpc) is 2.74. The summed E-state index contributed by atoms with van der Waals surface area (Å²) in [6.07, 6.45) is -2.94. The smallest absolute Gasteiger partial charge is 0.330 e. The van der Waals surface area contributed by atoms with Gasteiger partial charge in [0.05, 0.1) is 18.0 Å². The molecule has 1 aromatic heterocycles. The first kappa shape index (κ1) is 17.5. The Morgan fingerprint density at radius 3 is 2.64 bits per heavy atom. The largest absolute Gasteiger partial charge is 0.394 e. The molecule has 0 bridgehead atoms. The van der Waals surface area contributed by atoms with E-state index < -0.39 is 59.2 Å². The molecule has 1 aromatic rings. The number of halogens is 1. The summed E-state index contributed by atoms with van der Waals surface area (Å²) in [6.45, 7) is -4.95. The summed E-state index contributed by atoms with van der Waals surface area (Å²) in [6, 6.07) is 1.00. The molecule has 0 saturated carbocycles. The Hall–Kier alpha value is -0.850. The molecule has 0 aliphatic carbocycles. The fourth-order valence-electron chi connectivity index (χ4n) is 2.14. The van der Waals surface area contributed by atoms with E-state index in [0.717, 1.165) is 16.8 Å². The first-order chi connectivity index (χ1) is 10.3. The van der Waals surface area contributed by atoms with E-state index in [1.165, 1.54) is 0 Å². The van der Waals surface area contributed by atoms with E-state index in [9.17, 15) is 19.2 Å². The molecule has 5 N–H and O–H groups in total. The van der Waals surface area contributed by atoms with Crippen LogP contribution in [0.4, 0.5) is 4.53 Å². The van der Waals surface area contributed by atoms with Crippen LogP contribution < -0.4 is 11.2 Å². The molecule has 126 valence electrons. The third-order valence-electron chi connectivity index (χ3n) is 3.01. The standard InChI is InChI=1S/C9H14FN2O8PS/c10-20-6-7(22-21(16,17)18)4(3-13)19-8(6)12-2-1-5(14)11-9(12)15/h1-2,4,6-8,13,16-18,22H,3H2,(H,11,14,15)/t4-,6+,7+,8-/m1/s1. The summed E-state index contributed by atoms with van der Waals surface area (Å²) in [5, 5.41) is 8.09. The molecule has 0 radical (unpaired) electrons. The number of thiol groups is 1. The summed E-state index contributed by atoms with van der Waals surface area (Å²) < 4.78 is 19.0. The van der Waals surface area contributed by atoms with E-state index in [1.807, 2.05) is 4.98 Å². The second-order valence-electron chi connectivity index (χ2n) is 4.46. The van der Waals surface area contributed by atoms with Gasteiger partial charge in [-0.25, -0.2) is 4.79 Å². The molecule has 0 spiro atoms. The van der Waals surface area contributed by atoms with E-state index in [0.29, 0.717) is 0 Å². The van der Waals surface area contributed by atoms with Crippen LogP contribution in [0, 0.1) is 0 Å². The van der Waals surface area contributed by atoms with Crippen molar-refractivity contribution in [2.45, 2.75) is 23.7 Å². The molecule has 2 rings (SSSR count). The van der Waals surface area contributed by atoms with Gasteiger partial charge in [0.15, 0.2) is 12.3 Å². The van der Waals surface area contributed by atoms with Crippen LogP contribution in [-0.2, 0) is 20.6 Å². The Bertz CT molecular complexity index is 693. The van der Waals surface area contributed by atoms with Crippen LogP contribution in [0.2, 0.25) is 0 Å². The highest BCUT2D eigenvalue weighted by Crippen LogP contribution is 2.39. The first-order valence-corrected chi connectivity index (χ1v) is 9.23. The summed E-state index contributed by atoms with van der Waals surface area (Å²) in [7, 11) is -0.394. The molecule has 13 heteroatoms. The topological polar surface area (TPSA) is 154 Å². The summed E-state index contributed by atoms with van der Waals surface area (Å²) >= 11 is 0. The molecule has 4 atom stereocenters. The van der Waals surface area contributed by atoms with E-state index in [4.69, 9.17) is 19.4 Å². The highest BCUT2D eigenvalue weighted by atomic mass is 32.5. The Morgan fingerprint density at radius 1 is 1.45 bits per heavy atom. The minimum atomic E-state index is -4.31. The molecule has 1 fully saturated rings. The highest BCUT2D eigenvalue weighted by molar-refractivity contribution is 8.16. The monoisotopic (exact) mass is 360 g/mol. The van der Waals surface area contributed by atoms with Crippen molar-refractivity contribution in [1.29, 1.82) is 0 Å². The van der Waals surface area contributed by atoms with Gasteiger partial charge in [0.25, 0.3) is 12.3 Å². The quantitative estimate of drug-likeness (QED) is 0.255. The normalized spacial score (nSPS) is 29.0. The van der Waals surface area contributed by atoms with Crippen LogP contribution in [0.3, 0.4) is 0 Å². The fourth-order valence-corrected chi connectivity index (χ4v) is 5.04. The van der Waals surface area contributed by atoms with Crippen molar-refractivity contribution in [1.82, 2.24) is 9.55 Å². The van der Waals surface area contributed by atoms with Crippen LogP contribution in [0.1, 0.15) is 6.23 Å². The molecule has 1 aliphatic rings. The van der Waals surface area contributed by atoms with Gasteiger partial charge < -0.3 is 24.5 Å². The Labute approximate surface area is 125 Å². The Kier molecular flexibility index (Phi) is 5.35. The summed E-state index contributed by atoms with van der Waals surface area (Å²) in [5.74, 6) is 0. The maximum atomic E-state index is 12.9. The molecule has 1 saturated heterocycles. The van der Waals surface area contributed by atoms with Gasteiger partial charge in [0.1, 0.15) is 0 Å². The van der Waals surface area contributed by atoms with Crippen molar-refractivity contribution in [2.75, 3.05) is 6.61 Å². The molecule has 1 aliphatic heterocycles. The second-order valence-corrected chi connectivity index (χ2v) is 8.66. The van der Waals surface area contributed by atoms with E-state index >= 15 is 0 Å². The number of nitrogens with zero attached hydrogens (tertiary/aromatic N) is 1. The van der Waals surface area contributed by atoms with Crippen molar-refractivity contribution in [3.05, 3.63) is 33.1 Å². The lowest BCUT2D eigenvalue weighted by Gasteiger charge is -2.19. The van der Waals surface area contributed by atoms with E-state index in [1.54, 1.807) is 0 Å². The summed E-state index contributed by atoms with van der Waals surface area (Å²) in [4.78, 5) is 55.8. The van der Waals surface area contributed by atoms with Gasteiger partial charge >= 0.3 is 5.69 Å². The Balaban J connectivity index is 2.45. The predicted octanol–water partition coefficient (Wildman–Crippen LogP) is -2.47. The maximum Gasteiger partial charge on any atom is 0.330 e. The third-order valence-corrected chi connectivity index (χ3v) is 5.94. The van der Waals surface area contributed by atoms with Gasteiger partial charge in [-0.3, -0.25) is 14.3 Å². The number of aromatic nitrogens is 2. The van der Waals surface area contributed by atoms with Crippen molar-refractivity contribution >= 4 is 17.7 Å². The van der Waals surface area contributed by atoms with E-state index in [2.05, 4.69) is 4.94 Å². The SMILES string of the molecule is O=c1ccn([C@@H]2O[C@H](CO)[C@H]([SH]=P(O)(O)O)[C@@H]2OF)c(=O)[nH]1. The molecule has 10 nitrogen and oxygen atoms in total. The first-order valence-electron chi connectivity index (χ1n) is 5.91. The molecule has 0 amide bonds. The minimum absolute atomic E-state index is 0.394. The molecule has 0 unspecified atom stereocenters. The van der Waals surface area contributed by atoms with Crippen molar-refractivity contribution < 1.29 is 34.0 Å². The van der Waals surface area contributed by atoms with Gasteiger partial charge in [-0.15, -0.1) is 10.9 Å². The number of ether oxygens (including phenoxy) is 1. The number of H-pyrrole nitrogens is 1. The zero-order valence-electron chi connectivity index (χ0n) is 10.8. The number of hydrogen-bond acceptors (Lipinski definition) is 5. The molecule has 2 heterocycles. The number of hydrogen-bond donors (Lipinski definition) is 6. The van der Waals surface area contributed by atoms with Crippen LogP contribution in [0.25, 0.3) is 0 Å². The van der Waals surface area contributed by atoms with Crippen LogP contribution in [-0.4, -0.2) is 53.4 Å².